The van der Waals surface area contributed by atoms with Gasteiger partial charge in [-0.2, -0.15) is 0 Å². The zero-order valence-electron chi connectivity index (χ0n) is 24.2. The Bertz CT molecular complexity index is 853. The SMILES string of the molecule is CCCNC(=O)[C@H]1[C@H]2C(=O)N(CCCCCCO)C(C(=O)NC(C)(C)CC(C)(C)C)C23CC[C@]1(CC)O3. The number of hydrogen-bond acceptors (Lipinski definition) is 5. The van der Waals surface area contributed by atoms with Gasteiger partial charge in [0, 0.05) is 25.2 Å². The molecule has 2 unspecified atom stereocenters. The van der Waals surface area contributed by atoms with Crippen molar-refractivity contribution in [3.8, 4) is 0 Å². The third kappa shape index (κ3) is 5.85. The average Bonchev–Trinajstić information content (AvgIpc) is 3.39. The van der Waals surface area contributed by atoms with Crippen molar-refractivity contribution in [3.63, 3.8) is 0 Å². The molecule has 3 rings (SSSR count). The molecule has 5 atom stereocenters. The van der Waals surface area contributed by atoms with Crippen molar-refractivity contribution in [1.82, 2.24) is 15.5 Å². The van der Waals surface area contributed by atoms with E-state index in [1.54, 1.807) is 4.90 Å². The van der Waals surface area contributed by atoms with E-state index in [-0.39, 0.29) is 29.7 Å². The van der Waals surface area contributed by atoms with E-state index < -0.39 is 34.6 Å². The van der Waals surface area contributed by atoms with Gasteiger partial charge >= 0.3 is 0 Å². The van der Waals surface area contributed by atoms with Crippen LogP contribution in [0.3, 0.4) is 0 Å². The van der Waals surface area contributed by atoms with Crippen LogP contribution in [0.1, 0.15) is 106 Å². The Morgan fingerprint density at radius 3 is 2.32 bits per heavy atom. The second-order valence-electron chi connectivity index (χ2n) is 13.4. The Morgan fingerprint density at radius 2 is 1.73 bits per heavy atom. The van der Waals surface area contributed by atoms with E-state index in [1.807, 2.05) is 27.7 Å². The van der Waals surface area contributed by atoms with E-state index in [2.05, 4.69) is 31.4 Å². The summed E-state index contributed by atoms with van der Waals surface area (Å²) in [7, 11) is 0. The number of likely N-dealkylation sites (tertiary alicyclic amines) is 1. The molecule has 3 N–H and O–H groups in total. The number of rotatable bonds is 13. The van der Waals surface area contributed by atoms with Gasteiger partial charge in [-0.1, -0.05) is 47.5 Å². The Labute approximate surface area is 223 Å². The van der Waals surface area contributed by atoms with E-state index in [0.29, 0.717) is 32.4 Å². The van der Waals surface area contributed by atoms with Crippen molar-refractivity contribution in [1.29, 1.82) is 0 Å². The van der Waals surface area contributed by atoms with E-state index >= 15 is 0 Å². The minimum atomic E-state index is -0.978. The average molecular weight is 522 g/mol. The predicted molar refractivity (Wildman–Crippen MR) is 144 cm³/mol. The van der Waals surface area contributed by atoms with Crippen LogP contribution in [-0.2, 0) is 19.1 Å². The van der Waals surface area contributed by atoms with Gasteiger partial charge in [-0.25, -0.2) is 0 Å². The molecule has 0 aromatic heterocycles. The highest BCUT2D eigenvalue weighted by Crippen LogP contribution is 2.64. The van der Waals surface area contributed by atoms with Crippen LogP contribution >= 0.6 is 0 Å². The maximum absolute atomic E-state index is 14.1. The van der Waals surface area contributed by atoms with Crippen LogP contribution < -0.4 is 10.6 Å². The van der Waals surface area contributed by atoms with Gasteiger partial charge in [-0.15, -0.1) is 0 Å². The Balaban J connectivity index is 1.95. The van der Waals surface area contributed by atoms with Gasteiger partial charge in [0.25, 0.3) is 0 Å². The number of ether oxygens (including phenoxy) is 1. The molecule has 1 spiro atoms. The molecule has 0 saturated carbocycles. The summed E-state index contributed by atoms with van der Waals surface area (Å²) >= 11 is 0. The number of nitrogens with zero attached hydrogens (tertiary/aromatic N) is 1. The number of aliphatic hydroxyl groups is 1. The molecule has 3 amide bonds. The van der Waals surface area contributed by atoms with Gasteiger partial charge in [0.05, 0.1) is 17.4 Å². The van der Waals surface area contributed by atoms with Gasteiger partial charge in [-0.05, 0) is 64.2 Å². The minimum Gasteiger partial charge on any atom is -0.396 e. The summed E-state index contributed by atoms with van der Waals surface area (Å²) in [6.45, 7) is 15.7. The zero-order valence-corrected chi connectivity index (χ0v) is 24.2. The van der Waals surface area contributed by atoms with Crippen LogP contribution in [0.4, 0.5) is 0 Å². The smallest absolute Gasteiger partial charge is 0.246 e. The van der Waals surface area contributed by atoms with Gasteiger partial charge < -0.3 is 25.4 Å². The lowest BCUT2D eigenvalue weighted by Gasteiger charge is -2.38. The molecule has 212 valence electrons. The third-order valence-corrected chi connectivity index (χ3v) is 8.50. The highest BCUT2D eigenvalue weighted by Gasteiger charge is 2.78. The van der Waals surface area contributed by atoms with Crippen LogP contribution in [0.5, 0.6) is 0 Å². The summed E-state index contributed by atoms with van der Waals surface area (Å²) in [6.07, 6.45) is 6.73. The second-order valence-corrected chi connectivity index (χ2v) is 13.4. The highest BCUT2D eigenvalue weighted by molar-refractivity contribution is 5.99. The van der Waals surface area contributed by atoms with Crippen molar-refractivity contribution in [2.75, 3.05) is 19.7 Å². The molecular formula is C29H51N3O5. The fourth-order valence-electron chi connectivity index (χ4n) is 7.53. The lowest BCUT2D eigenvalue weighted by atomic mass is 9.65. The zero-order chi connectivity index (χ0) is 27.6. The molecule has 37 heavy (non-hydrogen) atoms. The number of carbonyl (C=O) groups excluding carboxylic acids is 3. The Morgan fingerprint density at radius 1 is 1.05 bits per heavy atom. The minimum absolute atomic E-state index is 0.0204. The standard InChI is InChI=1S/C29H51N3O5/c1-8-16-30-23(34)20-21-25(36)32(17-12-10-11-13-18-33)22(29(21)15-14-28(20,9-2)37-29)24(35)31-27(6,7)19-26(3,4)5/h20-22,33H,8-19H2,1-7H3,(H,30,34)(H,31,35)/t20-,21+,22?,28+,29?/m1/s1. The maximum atomic E-state index is 14.1. The highest BCUT2D eigenvalue weighted by atomic mass is 16.5. The van der Waals surface area contributed by atoms with Crippen molar-refractivity contribution < 1.29 is 24.2 Å². The van der Waals surface area contributed by atoms with E-state index in [1.165, 1.54) is 0 Å². The number of nitrogens with one attached hydrogen (secondary N) is 2. The molecule has 0 aromatic carbocycles. The number of fused-ring (bicyclic) bond motifs is 1. The van der Waals surface area contributed by atoms with Crippen LogP contribution in [0.2, 0.25) is 0 Å². The molecule has 0 aliphatic carbocycles. The van der Waals surface area contributed by atoms with Crippen LogP contribution in [0.25, 0.3) is 0 Å². The fourth-order valence-corrected chi connectivity index (χ4v) is 7.53. The van der Waals surface area contributed by atoms with Gasteiger partial charge in [0.1, 0.15) is 11.6 Å². The largest absolute Gasteiger partial charge is 0.396 e. The Hall–Kier alpha value is -1.67. The second kappa shape index (κ2) is 11.2. The normalized spacial score (nSPS) is 31.1. The van der Waals surface area contributed by atoms with Crippen molar-refractivity contribution in [2.45, 2.75) is 129 Å². The summed E-state index contributed by atoms with van der Waals surface area (Å²) in [6, 6.07) is -0.750. The number of unbranched alkanes of at least 4 members (excludes halogenated alkanes) is 3. The van der Waals surface area contributed by atoms with Gasteiger partial charge in [0.15, 0.2) is 0 Å². The summed E-state index contributed by atoms with van der Waals surface area (Å²) in [4.78, 5) is 43.4. The molecule has 8 nitrogen and oxygen atoms in total. The summed E-state index contributed by atoms with van der Waals surface area (Å²) in [5, 5.41) is 15.4. The molecule has 2 bridgehead atoms. The monoisotopic (exact) mass is 521 g/mol. The van der Waals surface area contributed by atoms with Crippen molar-refractivity contribution >= 4 is 17.7 Å². The molecule has 0 aromatic rings. The molecule has 3 aliphatic heterocycles. The van der Waals surface area contributed by atoms with E-state index in [4.69, 9.17) is 9.84 Å². The molecule has 0 radical (unpaired) electrons. The predicted octanol–water partition coefficient (Wildman–Crippen LogP) is 3.55. The number of carbonyl (C=O) groups is 3. The lowest BCUT2D eigenvalue weighted by Crippen LogP contribution is -2.59. The summed E-state index contributed by atoms with van der Waals surface area (Å²) < 4.78 is 6.81. The van der Waals surface area contributed by atoms with Crippen LogP contribution in [-0.4, -0.2) is 70.2 Å². The first-order valence-corrected chi connectivity index (χ1v) is 14.5. The lowest BCUT2D eigenvalue weighted by molar-refractivity contribution is -0.148. The maximum Gasteiger partial charge on any atom is 0.246 e. The van der Waals surface area contributed by atoms with Gasteiger partial charge in [-0.3, -0.25) is 14.4 Å². The summed E-state index contributed by atoms with van der Waals surface area (Å²) in [5.74, 6) is -1.65. The first kappa shape index (κ1) is 29.9. The molecule has 3 heterocycles. The van der Waals surface area contributed by atoms with Crippen LogP contribution in [0.15, 0.2) is 0 Å². The summed E-state index contributed by atoms with van der Waals surface area (Å²) in [5.41, 5.74) is -2.12. The molecular weight excluding hydrogens is 470 g/mol. The van der Waals surface area contributed by atoms with Crippen molar-refractivity contribution in [3.05, 3.63) is 0 Å². The first-order valence-electron chi connectivity index (χ1n) is 14.5. The van der Waals surface area contributed by atoms with E-state index in [9.17, 15) is 14.4 Å². The number of aliphatic hydroxyl groups excluding tert-OH is 1. The topological polar surface area (TPSA) is 108 Å². The molecule has 3 aliphatic rings. The number of hydrogen-bond donors (Lipinski definition) is 3. The molecule has 8 heteroatoms. The van der Waals surface area contributed by atoms with E-state index in [0.717, 1.165) is 38.5 Å². The first-order chi connectivity index (χ1) is 17.3. The quantitative estimate of drug-likeness (QED) is 0.321. The third-order valence-electron chi connectivity index (χ3n) is 8.50. The Kier molecular flexibility index (Phi) is 9.05. The van der Waals surface area contributed by atoms with Gasteiger partial charge in [0.2, 0.25) is 17.7 Å². The van der Waals surface area contributed by atoms with Crippen LogP contribution in [0, 0.1) is 17.3 Å². The molecule has 3 saturated heterocycles. The van der Waals surface area contributed by atoms with Crippen molar-refractivity contribution in [2.24, 2.45) is 17.3 Å². The fraction of sp³-hybridized carbons (Fsp3) is 0.897. The molecule has 3 fully saturated rings. The number of amides is 3.